The van der Waals surface area contributed by atoms with E-state index in [0.29, 0.717) is 17.5 Å². The average molecular weight is 284 g/mol. The molecule has 1 heterocycles. The number of rotatable bonds is 4. The van der Waals surface area contributed by atoms with Gasteiger partial charge in [-0.3, -0.25) is 4.98 Å². The minimum Gasteiger partial charge on any atom is -0.307 e. The molecule has 0 aromatic carbocycles. The molecule has 21 heavy (non-hydrogen) atoms. The van der Waals surface area contributed by atoms with Gasteiger partial charge in [-0.25, -0.2) is 0 Å². The van der Waals surface area contributed by atoms with Crippen molar-refractivity contribution in [2.24, 2.45) is 23.2 Å². The third-order valence-electron chi connectivity index (χ3n) is 6.69. The highest BCUT2D eigenvalue weighted by atomic mass is 15.0. The van der Waals surface area contributed by atoms with Crippen LogP contribution in [0.4, 0.5) is 0 Å². The monoisotopic (exact) mass is 284 g/mol. The van der Waals surface area contributed by atoms with Crippen LogP contribution >= 0.6 is 0 Å². The largest absolute Gasteiger partial charge is 0.307 e. The Balaban J connectivity index is 1.49. The fourth-order valence-corrected chi connectivity index (χ4v) is 5.99. The summed E-state index contributed by atoms with van der Waals surface area (Å²) in [5, 5.41) is 3.91. The fourth-order valence-electron chi connectivity index (χ4n) is 5.99. The summed E-state index contributed by atoms with van der Waals surface area (Å²) >= 11 is 0. The Morgan fingerprint density at radius 2 is 1.71 bits per heavy atom. The van der Waals surface area contributed by atoms with Crippen molar-refractivity contribution in [3.8, 4) is 0 Å². The van der Waals surface area contributed by atoms with Gasteiger partial charge in [-0.15, -0.1) is 0 Å². The normalized spacial score (nSPS) is 40.2. The highest BCUT2D eigenvalue weighted by molar-refractivity contribution is 5.14. The van der Waals surface area contributed by atoms with Crippen LogP contribution in [0.1, 0.15) is 64.0 Å². The van der Waals surface area contributed by atoms with Crippen molar-refractivity contribution in [3.05, 3.63) is 30.1 Å². The lowest BCUT2D eigenvalue weighted by Crippen LogP contribution is -2.55. The summed E-state index contributed by atoms with van der Waals surface area (Å²) in [6.07, 6.45) is 12.9. The average Bonchev–Trinajstić information content (AvgIpc) is 2.46. The van der Waals surface area contributed by atoms with Gasteiger partial charge in [0.25, 0.3) is 0 Å². The third-order valence-corrected chi connectivity index (χ3v) is 6.69. The van der Waals surface area contributed by atoms with Crippen molar-refractivity contribution >= 4 is 0 Å². The van der Waals surface area contributed by atoms with E-state index in [9.17, 15) is 0 Å². The highest BCUT2D eigenvalue weighted by Crippen LogP contribution is 2.61. The van der Waals surface area contributed by atoms with Gasteiger partial charge in [0.15, 0.2) is 0 Å². The Bertz CT molecular complexity index is 460. The maximum Gasteiger partial charge on any atom is 0.0315 e. The molecule has 114 valence electrons. The molecule has 4 saturated carbocycles. The van der Waals surface area contributed by atoms with Crippen LogP contribution in [-0.2, 0) is 0 Å². The van der Waals surface area contributed by atoms with Gasteiger partial charge in [0.1, 0.15) is 0 Å². The zero-order valence-electron chi connectivity index (χ0n) is 13.4. The molecule has 0 aliphatic heterocycles. The van der Waals surface area contributed by atoms with Crippen molar-refractivity contribution in [1.29, 1.82) is 0 Å². The number of hydrogen-bond donors (Lipinski definition) is 1. The molecule has 5 rings (SSSR count). The smallest absolute Gasteiger partial charge is 0.0315 e. The van der Waals surface area contributed by atoms with Crippen molar-refractivity contribution in [2.45, 2.75) is 64.5 Å². The van der Waals surface area contributed by atoms with E-state index < -0.39 is 0 Å². The first kappa shape index (κ1) is 13.8. The van der Waals surface area contributed by atoms with Crippen LogP contribution < -0.4 is 5.32 Å². The molecular formula is C19H28N2. The predicted octanol–water partition coefficient (Wildman–Crippen LogP) is 4.34. The quantitative estimate of drug-likeness (QED) is 0.889. The zero-order chi connectivity index (χ0) is 14.4. The van der Waals surface area contributed by atoms with Crippen LogP contribution in [0, 0.1) is 23.2 Å². The fraction of sp³-hybridized carbons (Fsp3) is 0.737. The summed E-state index contributed by atoms with van der Waals surface area (Å²) in [6, 6.07) is 5.27. The molecule has 0 spiro atoms. The van der Waals surface area contributed by atoms with Gasteiger partial charge in [-0.2, -0.15) is 0 Å². The summed E-state index contributed by atoms with van der Waals surface area (Å²) in [4.78, 5) is 4.27. The standard InChI is InChI=1S/C19H28N2/c1-13(18-4-3-5-20-12-18)21-14(2)19-9-15-6-16(10-19)8-17(7-15)11-19/h3-5,12-17,21H,6-11H2,1-2H3/t13-,14?,15?,16?,17?,19?/m0/s1. The number of nitrogens with zero attached hydrogens (tertiary/aromatic N) is 1. The molecular weight excluding hydrogens is 256 g/mol. The number of hydrogen-bond acceptors (Lipinski definition) is 2. The van der Waals surface area contributed by atoms with Crippen molar-refractivity contribution in [2.75, 3.05) is 0 Å². The van der Waals surface area contributed by atoms with Gasteiger partial charge < -0.3 is 5.32 Å². The number of aromatic nitrogens is 1. The van der Waals surface area contributed by atoms with Crippen LogP contribution in [0.2, 0.25) is 0 Å². The van der Waals surface area contributed by atoms with Crippen molar-refractivity contribution in [3.63, 3.8) is 0 Å². The Labute approximate surface area is 128 Å². The van der Waals surface area contributed by atoms with E-state index in [1.807, 2.05) is 18.5 Å². The molecule has 4 bridgehead atoms. The second-order valence-corrected chi connectivity index (χ2v) is 8.18. The van der Waals surface area contributed by atoms with Crippen LogP contribution in [0.25, 0.3) is 0 Å². The number of pyridine rings is 1. The minimum absolute atomic E-state index is 0.404. The van der Waals surface area contributed by atoms with Crippen LogP contribution in [0.3, 0.4) is 0 Å². The zero-order valence-corrected chi connectivity index (χ0v) is 13.4. The minimum atomic E-state index is 0.404. The van der Waals surface area contributed by atoms with Gasteiger partial charge >= 0.3 is 0 Å². The van der Waals surface area contributed by atoms with E-state index in [0.717, 1.165) is 17.8 Å². The van der Waals surface area contributed by atoms with E-state index in [1.54, 1.807) is 0 Å². The molecule has 4 fully saturated rings. The van der Waals surface area contributed by atoms with Crippen LogP contribution in [0.15, 0.2) is 24.5 Å². The summed E-state index contributed by atoms with van der Waals surface area (Å²) < 4.78 is 0. The summed E-state index contributed by atoms with van der Waals surface area (Å²) in [6.45, 7) is 4.73. The molecule has 2 nitrogen and oxygen atoms in total. The summed E-state index contributed by atoms with van der Waals surface area (Å²) in [5.41, 5.74) is 1.90. The molecule has 0 saturated heterocycles. The van der Waals surface area contributed by atoms with Crippen molar-refractivity contribution in [1.82, 2.24) is 10.3 Å². The Morgan fingerprint density at radius 1 is 1.10 bits per heavy atom. The maximum atomic E-state index is 4.27. The molecule has 1 aromatic rings. The lowest BCUT2D eigenvalue weighted by atomic mass is 9.48. The van der Waals surface area contributed by atoms with Gasteiger partial charge in [0.05, 0.1) is 0 Å². The first-order valence-electron chi connectivity index (χ1n) is 8.80. The highest BCUT2D eigenvalue weighted by Gasteiger charge is 2.53. The molecule has 0 amide bonds. The molecule has 4 aliphatic rings. The van der Waals surface area contributed by atoms with Gasteiger partial charge in [0.2, 0.25) is 0 Å². The van der Waals surface area contributed by atoms with E-state index in [2.05, 4.69) is 30.2 Å². The lowest BCUT2D eigenvalue weighted by molar-refractivity contribution is -0.0719. The summed E-state index contributed by atoms with van der Waals surface area (Å²) in [7, 11) is 0. The molecule has 1 unspecified atom stereocenters. The van der Waals surface area contributed by atoms with Gasteiger partial charge in [-0.05, 0) is 87.2 Å². The second kappa shape index (κ2) is 5.08. The molecule has 4 aliphatic carbocycles. The third kappa shape index (κ3) is 2.42. The molecule has 1 aromatic heterocycles. The van der Waals surface area contributed by atoms with E-state index in [1.165, 1.54) is 44.1 Å². The topological polar surface area (TPSA) is 24.9 Å². The molecule has 2 heteroatoms. The first-order valence-corrected chi connectivity index (χ1v) is 8.80. The maximum absolute atomic E-state index is 4.27. The summed E-state index contributed by atoms with van der Waals surface area (Å²) in [5.74, 6) is 3.11. The van der Waals surface area contributed by atoms with Crippen molar-refractivity contribution < 1.29 is 0 Å². The number of nitrogens with one attached hydrogen (secondary N) is 1. The van der Waals surface area contributed by atoms with E-state index in [-0.39, 0.29) is 0 Å². The van der Waals surface area contributed by atoms with Gasteiger partial charge in [-0.1, -0.05) is 6.07 Å². The second-order valence-electron chi connectivity index (χ2n) is 8.18. The Hall–Kier alpha value is -0.890. The van der Waals surface area contributed by atoms with Crippen LogP contribution in [0.5, 0.6) is 0 Å². The predicted molar refractivity (Wildman–Crippen MR) is 85.9 cm³/mol. The SMILES string of the molecule is CC(N[C@@H](C)c1cccnc1)C12CC3CC(CC(C3)C1)C2. The van der Waals surface area contributed by atoms with Crippen LogP contribution in [-0.4, -0.2) is 11.0 Å². The van der Waals surface area contributed by atoms with E-state index >= 15 is 0 Å². The molecule has 0 radical (unpaired) electrons. The van der Waals surface area contributed by atoms with E-state index in [4.69, 9.17) is 0 Å². The Morgan fingerprint density at radius 3 is 2.24 bits per heavy atom. The molecule has 2 atom stereocenters. The Kier molecular flexibility index (Phi) is 3.33. The van der Waals surface area contributed by atoms with Gasteiger partial charge in [0, 0.05) is 24.5 Å². The molecule has 1 N–H and O–H groups in total. The first-order chi connectivity index (χ1) is 10.1. The lowest BCUT2D eigenvalue weighted by Gasteiger charge is -2.59.